The first-order valence-electron chi connectivity index (χ1n) is 13.0. The number of halogens is 1. The van der Waals surface area contributed by atoms with Crippen LogP contribution in [0.4, 0.5) is 4.39 Å². The molecule has 2 aliphatic rings. The van der Waals surface area contributed by atoms with Gasteiger partial charge in [-0.05, 0) is 57.6 Å². The lowest BCUT2D eigenvalue weighted by atomic mass is 10.0. The highest BCUT2D eigenvalue weighted by atomic mass is 19.1. The summed E-state index contributed by atoms with van der Waals surface area (Å²) in [5.41, 5.74) is 3.64. The molecule has 202 valence electrons. The number of nitrogens with one attached hydrogen (secondary N) is 2. The Morgan fingerprint density at radius 3 is 2.61 bits per heavy atom. The van der Waals surface area contributed by atoms with Crippen molar-refractivity contribution in [2.24, 2.45) is 5.92 Å². The molecule has 1 aromatic carbocycles. The Hall–Kier alpha value is -3.66. The van der Waals surface area contributed by atoms with Crippen LogP contribution in [0.2, 0.25) is 0 Å². The van der Waals surface area contributed by atoms with E-state index in [1.165, 1.54) is 20.1 Å². The minimum Gasteiger partial charge on any atom is -0.494 e. The van der Waals surface area contributed by atoms with Crippen LogP contribution in [0.3, 0.4) is 0 Å². The predicted octanol–water partition coefficient (Wildman–Crippen LogP) is 3.58. The van der Waals surface area contributed by atoms with Gasteiger partial charge in [0.25, 0.3) is 11.8 Å². The molecule has 0 bridgehead atoms. The highest BCUT2D eigenvalue weighted by Crippen LogP contribution is 2.40. The van der Waals surface area contributed by atoms with Crippen molar-refractivity contribution >= 4 is 22.8 Å². The number of aromatic amines is 1. The number of H-pyrrole nitrogens is 1. The second-order valence-corrected chi connectivity index (χ2v) is 10.2. The quantitative estimate of drug-likeness (QED) is 0.415. The summed E-state index contributed by atoms with van der Waals surface area (Å²) >= 11 is 0. The summed E-state index contributed by atoms with van der Waals surface area (Å²) in [6.07, 6.45) is 4.01. The molecule has 3 heterocycles. The van der Waals surface area contributed by atoms with Crippen LogP contribution in [0.25, 0.3) is 22.2 Å². The number of hydrogen-bond acceptors (Lipinski definition) is 6. The number of aromatic nitrogens is 2. The number of carbonyl (C=O) groups is 2. The smallest absolute Gasteiger partial charge is 0.255 e. The Morgan fingerprint density at radius 1 is 1.21 bits per heavy atom. The van der Waals surface area contributed by atoms with Crippen molar-refractivity contribution in [1.82, 2.24) is 20.2 Å². The number of nitrogens with zero attached hydrogens (tertiary/aromatic N) is 2. The number of rotatable bonds is 8. The van der Waals surface area contributed by atoms with Gasteiger partial charge >= 0.3 is 0 Å². The lowest BCUT2D eigenvalue weighted by molar-refractivity contribution is -0.140. The molecule has 3 aromatic rings. The molecule has 9 nitrogen and oxygen atoms in total. The second-order valence-electron chi connectivity index (χ2n) is 10.2. The molecule has 1 saturated heterocycles. The fourth-order valence-electron chi connectivity index (χ4n) is 4.99. The van der Waals surface area contributed by atoms with Crippen molar-refractivity contribution < 1.29 is 28.6 Å². The van der Waals surface area contributed by atoms with Crippen molar-refractivity contribution in [2.45, 2.75) is 51.7 Å². The van der Waals surface area contributed by atoms with E-state index in [1.54, 1.807) is 17.2 Å². The third-order valence-corrected chi connectivity index (χ3v) is 7.32. The van der Waals surface area contributed by atoms with Crippen LogP contribution in [0, 0.1) is 18.7 Å². The Balaban J connectivity index is 1.42. The zero-order chi connectivity index (χ0) is 27.0. The number of benzene rings is 1. The molecule has 5 rings (SSSR count). The molecule has 1 aliphatic carbocycles. The van der Waals surface area contributed by atoms with Gasteiger partial charge in [-0.2, -0.15) is 0 Å². The van der Waals surface area contributed by atoms with Crippen LogP contribution < -0.4 is 14.8 Å². The highest BCUT2D eigenvalue weighted by Gasteiger charge is 2.28. The van der Waals surface area contributed by atoms with Gasteiger partial charge < -0.3 is 29.8 Å². The van der Waals surface area contributed by atoms with E-state index in [-0.39, 0.29) is 23.6 Å². The fourth-order valence-corrected chi connectivity index (χ4v) is 4.99. The first-order valence-corrected chi connectivity index (χ1v) is 13.0. The average Bonchev–Trinajstić information content (AvgIpc) is 3.67. The van der Waals surface area contributed by atoms with Crippen LogP contribution in [0.15, 0.2) is 24.4 Å². The topological polar surface area (TPSA) is 117 Å². The molecule has 10 heteroatoms. The summed E-state index contributed by atoms with van der Waals surface area (Å²) in [6.45, 7) is 4.74. The minimum atomic E-state index is -1.03. The lowest BCUT2D eigenvalue weighted by Crippen LogP contribution is -2.48. The maximum absolute atomic E-state index is 14.6. The van der Waals surface area contributed by atoms with Crippen LogP contribution in [0.1, 0.15) is 48.7 Å². The molecule has 2 amide bonds. The standard InChI is InChI=1S/C28H33FN4O5/c1-15-24(27(35)32-18-7-10-33(11-8-18)28(36)16(2)34)26-25(31-15)19(6-9-30-26)20-12-23(37-3)21(29)13-22(20)38-14-17-4-5-17/h6,9,12-13,16-18,31,34H,4-5,7-8,10-11,14H2,1-3H3,(H,32,35)/t16-/m0/s1. The largest absolute Gasteiger partial charge is 0.494 e. The number of pyridine rings is 1. The first-order chi connectivity index (χ1) is 18.3. The third-order valence-electron chi connectivity index (χ3n) is 7.32. The van der Waals surface area contributed by atoms with E-state index in [1.807, 2.05) is 13.0 Å². The van der Waals surface area contributed by atoms with Crippen molar-refractivity contribution in [3.63, 3.8) is 0 Å². The fraction of sp³-hybridized carbons (Fsp3) is 0.464. The number of aliphatic hydroxyl groups is 1. The number of amides is 2. The SMILES string of the molecule is COc1cc(-c2ccnc3c(C(=O)NC4CCN(C(=O)[C@H](C)O)CC4)c(C)[nH]c23)c(OCC2CC2)cc1F. The zero-order valence-corrected chi connectivity index (χ0v) is 21.8. The van der Waals surface area contributed by atoms with Crippen LogP contribution in [-0.2, 0) is 4.79 Å². The van der Waals surface area contributed by atoms with Gasteiger partial charge in [-0.3, -0.25) is 14.6 Å². The molecular weight excluding hydrogens is 491 g/mol. The number of methoxy groups -OCH3 is 1. The van der Waals surface area contributed by atoms with Gasteiger partial charge in [-0.15, -0.1) is 0 Å². The molecule has 0 spiro atoms. The van der Waals surface area contributed by atoms with Crippen LogP contribution >= 0.6 is 0 Å². The number of carbonyl (C=O) groups excluding carboxylic acids is 2. The number of piperidine rings is 1. The maximum Gasteiger partial charge on any atom is 0.255 e. The summed E-state index contributed by atoms with van der Waals surface area (Å²) in [4.78, 5) is 34.9. The molecule has 2 aromatic heterocycles. The van der Waals surface area contributed by atoms with E-state index in [4.69, 9.17) is 9.47 Å². The van der Waals surface area contributed by atoms with Gasteiger partial charge in [0.1, 0.15) is 17.4 Å². The van der Waals surface area contributed by atoms with Crippen LogP contribution in [0.5, 0.6) is 11.5 Å². The Bertz CT molecular complexity index is 1360. The number of likely N-dealkylation sites (tertiary alicyclic amines) is 1. The number of aryl methyl sites for hydroxylation is 1. The van der Waals surface area contributed by atoms with E-state index in [0.29, 0.717) is 72.1 Å². The van der Waals surface area contributed by atoms with E-state index < -0.39 is 11.9 Å². The molecule has 0 unspecified atom stereocenters. The Labute approximate surface area is 220 Å². The van der Waals surface area contributed by atoms with E-state index in [0.717, 1.165) is 18.4 Å². The van der Waals surface area contributed by atoms with Gasteiger partial charge in [0.15, 0.2) is 11.6 Å². The van der Waals surface area contributed by atoms with E-state index in [9.17, 15) is 19.1 Å². The van der Waals surface area contributed by atoms with Gasteiger partial charge in [-0.25, -0.2) is 4.39 Å². The number of ether oxygens (including phenoxy) is 2. The van der Waals surface area contributed by atoms with Gasteiger partial charge in [0.05, 0.1) is 24.8 Å². The molecule has 1 saturated carbocycles. The molecule has 1 atom stereocenters. The van der Waals surface area contributed by atoms with E-state index >= 15 is 0 Å². The molecule has 38 heavy (non-hydrogen) atoms. The number of fused-ring (bicyclic) bond motifs is 1. The Morgan fingerprint density at radius 2 is 1.95 bits per heavy atom. The highest BCUT2D eigenvalue weighted by molar-refractivity contribution is 6.09. The van der Waals surface area contributed by atoms with Crippen LogP contribution in [-0.4, -0.2) is 70.7 Å². The summed E-state index contributed by atoms with van der Waals surface area (Å²) in [5, 5.41) is 12.6. The summed E-state index contributed by atoms with van der Waals surface area (Å²) in [7, 11) is 1.42. The van der Waals surface area contributed by atoms with Gasteiger partial charge in [0, 0.05) is 48.2 Å². The molecule has 3 N–H and O–H groups in total. The molecular formula is C28H33FN4O5. The summed E-state index contributed by atoms with van der Waals surface area (Å²) in [5.74, 6) is -0.0378. The molecule has 0 radical (unpaired) electrons. The molecule has 2 fully saturated rings. The van der Waals surface area contributed by atoms with E-state index in [2.05, 4.69) is 15.3 Å². The van der Waals surface area contributed by atoms with Gasteiger partial charge in [0.2, 0.25) is 0 Å². The second kappa shape index (κ2) is 10.6. The predicted molar refractivity (Wildman–Crippen MR) is 140 cm³/mol. The van der Waals surface area contributed by atoms with Gasteiger partial charge in [-0.1, -0.05) is 0 Å². The third kappa shape index (κ3) is 5.18. The normalized spacial score (nSPS) is 16.9. The van der Waals surface area contributed by atoms with Crippen molar-refractivity contribution in [3.8, 4) is 22.6 Å². The monoisotopic (exact) mass is 524 g/mol. The Kier molecular flexibility index (Phi) is 7.25. The number of hydrogen-bond donors (Lipinski definition) is 3. The zero-order valence-electron chi connectivity index (χ0n) is 21.8. The van der Waals surface area contributed by atoms with Crippen molar-refractivity contribution in [3.05, 3.63) is 41.5 Å². The average molecular weight is 525 g/mol. The minimum absolute atomic E-state index is 0.100. The summed E-state index contributed by atoms with van der Waals surface area (Å²) < 4.78 is 25.8. The lowest BCUT2D eigenvalue weighted by Gasteiger charge is -2.33. The molecule has 1 aliphatic heterocycles. The maximum atomic E-state index is 14.6. The van der Waals surface area contributed by atoms with Crippen molar-refractivity contribution in [1.29, 1.82) is 0 Å². The summed E-state index contributed by atoms with van der Waals surface area (Å²) in [6, 6.07) is 4.67. The first kappa shape index (κ1) is 26.0. The van der Waals surface area contributed by atoms with Crippen molar-refractivity contribution in [2.75, 3.05) is 26.8 Å². The number of aliphatic hydroxyl groups excluding tert-OH is 1.